The number of sulfone groups is 1. The van der Waals surface area contributed by atoms with Gasteiger partial charge >= 0.3 is 0 Å². The molecule has 4 rings (SSSR count). The lowest BCUT2D eigenvalue weighted by Crippen LogP contribution is -2.46. The summed E-state index contributed by atoms with van der Waals surface area (Å²) in [4.78, 5) is 0. The maximum absolute atomic E-state index is 12.3. The highest BCUT2D eigenvalue weighted by molar-refractivity contribution is 7.91. The van der Waals surface area contributed by atoms with Gasteiger partial charge in [0.1, 0.15) is 0 Å². The van der Waals surface area contributed by atoms with Gasteiger partial charge in [-0.2, -0.15) is 0 Å². The van der Waals surface area contributed by atoms with E-state index in [0.717, 1.165) is 19.4 Å². The third kappa shape index (κ3) is 2.39. The highest BCUT2D eigenvalue weighted by Gasteiger charge is 2.48. The van der Waals surface area contributed by atoms with Gasteiger partial charge in [-0.15, -0.1) is 0 Å². The van der Waals surface area contributed by atoms with E-state index < -0.39 is 9.84 Å². The second-order valence-electron chi connectivity index (χ2n) is 7.77. The van der Waals surface area contributed by atoms with Gasteiger partial charge < -0.3 is 5.32 Å². The molecule has 3 nitrogen and oxygen atoms in total. The Bertz CT molecular complexity index is 607. The van der Waals surface area contributed by atoms with Crippen molar-refractivity contribution in [3.63, 3.8) is 0 Å². The summed E-state index contributed by atoms with van der Waals surface area (Å²) in [6, 6.07) is 0. The largest absolute Gasteiger partial charge is 0.315 e. The Hall–Kier alpha value is -0.610. The molecule has 0 aromatic heterocycles. The van der Waals surface area contributed by atoms with Crippen LogP contribution in [0, 0.1) is 29.6 Å². The van der Waals surface area contributed by atoms with Crippen LogP contribution >= 0.6 is 0 Å². The van der Waals surface area contributed by atoms with Gasteiger partial charge in [0.15, 0.2) is 9.84 Å². The fraction of sp³-hybridized carbons (Fsp3) is 0.778. The van der Waals surface area contributed by atoms with Gasteiger partial charge in [-0.3, -0.25) is 0 Å². The summed E-state index contributed by atoms with van der Waals surface area (Å²) in [5.41, 5.74) is 1.66. The summed E-state index contributed by atoms with van der Waals surface area (Å²) in [5.74, 6) is 3.08. The zero-order valence-corrected chi connectivity index (χ0v) is 14.2. The molecule has 6 atom stereocenters. The van der Waals surface area contributed by atoms with Crippen molar-refractivity contribution in [3.05, 3.63) is 23.8 Å². The van der Waals surface area contributed by atoms with Crippen LogP contribution in [-0.2, 0) is 9.84 Å². The van der Waals surface area contributed by atoms with Gasteiger partial charge in [0, 0.05) is 12.8 Å². The Morgan fingerprint density at radius 2 is 1.86 bits per heavy atom. The molecule has 1 aliphatic heterocycles. The van der Waals surface area contributed by atoms with Crippen molar-refractivity contribution < 1.29 is 8.42 Å². The van der Waals surface area contributed by atoms with E-state index in [9.17, 15) is 8.42 Å². The molecule has 1 saturated heterocycles. The second-order valence-corrected chi connectivity index (χ2v) is 10.0. The Morgan fingerprint density at radius 3 is 2.68 bits per heavy atom. The van der Waals surface area contributed by atoms with Crippen LogP contribution in [0.25, 0.3) is 0 Å². The minimum Gasteiger partial charge on any atom is -0.315 e. The first kappa shape index (κ1) is 14.9. The molecular formula is C18H27NO2S. The van der Waals surface area contributed by atoms with Crippen molar-refractivity contribution in [1.82, 2.24) is 5.32 Å². The molecule has 4 heteroatoms. The molecule has 0 amide bonds. The number of hydrogen-bond acceptors (Lipinski definition) is 3. The Balaban J connectivity index is 1.64. The summed E-state index contributed by atoms with van der Waals surface area (Å²) in [7, 11) is -2.96. The lowest BCUT2D eigenvalue weighted by Gasteiger charge is -2.49. The van der Waals surface area contributed by atoms with E-state index in [-0.39, 0.29) is 5.25 Å². The van der Waals surface area contributed by atoms with Crippen molar-refractivity contribution in [2.45, 2.75) is 37.4 Å². The van der Waals surface area contributed by atoms with Crippen molar-refractivity contribution in [3.8, 4) is 0 Å². The standard InChI is InChI=1S/C18H27NO2S/c1-22(20,21)18-11-19-10-9-16-15-6-5-12-3-2-4-13(12)14(15)7-8-17(16)18/h2-4,12,14-19H,5-11H2,1H3. The molecule has 3 aliphatic carbocycles. The highest BCUT2D eigenvalue weighted by Crippen LogP contribution is 2.54. The first-order valence-corrected chi connectivity index (χ1v) is 10.8. The summed E-state index contributed by atoms with van der Waals surface area (Å²) in [5, 5.41) is 3.22. The second kappa shape index (κ2) is 5.48. The molecule has 0 bridgehead atoms. The first-order valence-electron chi connectivity index (χ1n) is 8.83. The molecule has 22 heavy (non-hydrogen) atoms. The normalized spacial score (nSPS) is 44.5. The average molecular weight is 321 g/mol. The lowest BCUT2D eigenvalue weighted by molar-refractivity contribution is 0.0752. The topological polar surface area (TPSA) is 46.2 Å². The number of allylic oxidation sites excluding steroid dienone is 4. The molecule has 2 saturated carbocycles. The summed E-state index contributed by atoms with van der Waals surface area (Å²) < 4.78 is 24.6. The molecule has 122 valence electrons. The van der Waals surface area contributed by atoms with Crippen LogP contribution in [0.1, 0.15) is 32.1 Å². The molecule has 1 N–H and O–H groups in total. The molecule has 0 radical (unpaired) electrons. The predicted octanol–water partition coefficient (Wildman–Crippen LogP) is 2.56. The van der Waals surface area contributed by atoms with Crippen molar-refractivity contribution in [1.29, 1.82) is 0 Å². The van der Waals surface area contributed by atoms with Gasteiger partial charge in [0.05, 0.1) is 5.25 Å². The molecule has 4 aliphatic rings. The van der Waals surface area contributed by atoms with Crippen LogP contribution in [0.15, 0.2) is 23.8 Å². The predicted molar refractivity (Wildman–Crippen MR) is 89.3 cm³/mol. The minimum absolute atomic E-state index is 0.172. The molecular weight excluding hydrogens is 294 g/mol. The Morgan fingerprint density at radius 1 is 1.05 bits per heavy atom. The van der Waals surface area contributed by atoms with Gasteiger partial charge in [0.25, 0.3) is 0 Å². The van der Waals surface area contributed by atoms with Crippen LogP contribution in [0.3, 0.4) is 0 Å². The summed E-state index contributed by atoms with van der Waals surface area (Å²) in [6.45, 7) is 1.64. The zero-order valence-electron chi connectivity index (χ0n) is 13.4. The van der Waals surface area contributed by atoms with Crippen LogP contribution in [0.4, 0.5) is 0 Å². The highest BCUT2D eigenvalue weighted by atomic mass is 32.2. The van der Waals surface area contributed by atoms with Crippen LogP contribution in [0.2, 0.25) is 0 Å². The molecule has 3 fully saturated rings. The van der Waals surface area contributed by atoms with Crippen LogP contribution < -0.4 is 5.32 Å². The van der Waals surface area contributed by atoms with E-state index in [4.69, 9.17) is 0 Å². The minimum atomic E-state index is -2.96. The maximum Gasteiger partial charge on any atom is 0.151 e. The maximum atomic E-state index is 12.3. The zero-order chi connectivity index (χ0) is 15.3. The molecule has 0 spiro atoms. The van der Waals surface area contributed by atoms with E-state index in [1.165, 1.54) is 25.5 Å². The summed E-state index contributed by atoms with van der Waals surface area (Å²) in [6.07, 6.45) is 14.4. The van der Waals surface area contributed by atoms with E-state index in [1.54, 1.807) is 5.57 Å². The third-order valence-corrected chi connectivity index (χ3v) is 8.37. The van der Waals surface area contributed by atoms with Gasteiger partial charge in [-0.05, 0) is 68.2 Å². The van der Waals surface area contributed by atoms with Gasteiger partial charge in [0.2, 0.25) is 0 Å². The van der Waals surface area contributed by atoms with Gasteiger partial charge in [-0.25, -0.2) is 8.42 Å². The van der Waals surface area contributed by atoms with E-state index in [2.05, 4.69) is 23.5 Å². The van der Waals surface area contributed by atoms with Crippen molar-refractivity contribution >= 4 is 9.84 Å². The molecule has 1 heterocycles. The van der Waals surface area contributed by atoms with Gasteiger partial charge in [-0.1, -0.05) is 23.8 Å². The fourth-order valence-electron chi connectivity index (χ4n) is 5.84. The van der Waals surface area contributed by atoms with E-state index >= 15 is 0 Å². The molecule has 0 aromatic carbocycles. The third-order valence-electron chi connectivity index (χ3n) is 6.75. The Labute approximate surface area is 134 Å². The van der Waals surface area contributed by atoms with Crippen LogP contribution in [0.5, 0.6) is 0 Å². The van der Waals surface area contributed by atoms with Crippen molar-refractivity contribution in [2.24, 2.45) is 29.6 Å². The number of fused-ring (bicyclic) bond motifs is 5. The summed E-state index contributed by atoms with van der Waals surface area (Å²) >= 11 is 0. The van der Waals surface area contributed by atoms with E-state index in [0.29, 0.717) is 36.1 Å². The monoisotopic (exact) mass is 321 g/mol. The van der Waals surface area contributed by atoms with E-state index in [1.807, 2.05) is 0 Å². The average Bonchev–Trinajstić information content (AvgIpc) is 2.84. The first-order chi connectivity index (χ1) is 10.6. The number of rotatable bonds is 1. The molecule has 0 aromatic rings. The quantitative estimate of drug-likeness (QED) is 0.807. The lowest BCUT2D eigenvalue weighted by atomic mass is 9.57. The number of nitrogens with one attached hydrogen (secondary N) is 1. The van der Waals surface area contributed by atoms with Crippen molar-refractivity contribution in [2.75, 3.05) is 19.3 Å². The number of hydrogen-bond donors (Lipinski definition) is 1. The fourth-order valence-corrected chi connectivity index (χ4v) is 7.23. The Kier molecular flexibility index (Phi) is 3.73. The molecule has 6 unspecified atom stereocenters. The smallest absolute Gasteiger partial charge is 0.151 e. The SMILES string of the molecule is CS(=O)(=O)C1CNCCC2C3CCC4C=CC=C4C3CCC21. The van der Waals surface area contributed by atoms with Crippen LogP contribution in [-0.4, -0.2) is 33.0 Å².